The number of ether oxygens (including phenoxy) is 10. The van der Waals surface area contributed by atoms with Crippen LogP contribution in [0.25, 0.3) is 0 Å². The third kappa shape index (κ3) is 14.5. The fourth-order valence-corrected chi connectivity index (χ4v) is 8.75. The summed E-state index contributed by atoms with van der Waals surface area (Å²) in [6.07, 6.45) is -13.6. The second-order valence-corrected chi connectivity index (χ2v) is 17.9. The van der Waals surface area contributed by atoms with Gasteiger partial charge in [0.15, 0.2) is 24.8 Å². The molecule has 1 N–H and O–H groups in total. The van der Waals surface area contributed by atoms with Gasteiger partial charge < -0.3 is 52.5 Å². The molecule has 0 aromatic heterocycles. The molecule has 0 spiro atoms. The van der Waals surface area contributed by atoms with Crippen LogP contribution in [0.5, 0.6) is 0 Å². The number of carbonyl (C=O) groups is 3. The van der Waals surface area contributed by atoms with E-state index in [-0.39, 0.29) is 49.7 Å². The second-order valence-electron chi connectivity index (χ2n) is 17.9. The van der Waals surface area contributed by atoms with Crippen LogP contribution in [0.4, 0.5) is 0 Å². The summed E-state index contributed by atoms with van der Waals surface area (Å²) in [5.74, 6) is -2.37. The smallest absolute Gasteiger partial charge is 0.338 e. The fraction of sp³-hybridized carbons (Fsp3) is 0.262. The van der Waals surface area contributed by atoms with Crippen LogP contribution >= 0.6 is 0 Å². The minimum Gasteiger partial charge on any atom is -0.459 e. The van der Waals surface area contributed by atoms with E-state index in [1.54, 1.807) is 91.0 Å². The molecular formula is C61H58O14. The number of aliphatic hydroxyl groups is 1. The van der Waals surface area contributed by atoms with Crippen LogP contribution in [0.15, 0.2) is 212 Å². The molecule has 0 radical (unpaired) electrons. The SMILES string of the molecule is O=C(OC[C@H]1O[C@@H](O[C@@H]2[C@@H](OCc3ccccc3)O[C@H](COCc3ccccc3)[C@@H](OCc3ccccc3)[C@@H]2OCc2ccccc2)[C@@H](OC(=O)c2ccccc2)[C@@H](O)[C@@H]1OC(=O)c1ccccc1)c1ccccc1. The van der Waals surface area contributed by atoms with Crippen LogP contribution in [-0.2, 0) is 73.8 Å². The molecule has 0 unspecified atom stereocenters. The molecule has 386 valence electrons. The molecule has 0 aliphatic carbocycles. The number of benzene rings is 7. The van der Waals surface area contributed by atoms with E-state index < -0.39 is 85.9 Å². The van der Waals surface area contributed by atoms with Gasteiger partial charge in [0.05, 0.1) is 49.7 Å². The van der Waals surface area contributed by atoms with Gasteiger partial charge in [0.25, 0.3) is 0 Å². The molecule has 2 heterocycles. The molecule has 2 fully saturated rings. The maximum Gasteiger partial charge on any atom is 0.338 e. The van der Waals surface area contributed by atoms with Crippen LogP contribution in [0, 0.1) is 0 Å². The van der Waals surface area contributed by atoms with Gasteiger partial charge in [-0.15, -0.1) is 0 Å². The molecule has 10 atom stereocenters. The van der Waals surface area contributed by atoms with E-state index in [2.05, 4.69) is 0 Å². The molecule has 14 nitrogen and oxygen atoms in total. The van der Waals surface area contributed by atoms with Crippen LogP contribution in [0.1, 0.15) is 53.3 Å². The number of rotatable bonds is 22. The number of hydrogen-bond donors (Lipinski definition) is 1. The highest BCUT2D eigenvalue weighted by molar-refractivity contribution is 5.90. The third-order valence-corrected chi connectivity index (χ3v) is 12.6. The van der Waals surface area contributed by atoms with Crippen LogP contribution in [-0.4, -0.2) is 97.6 Å². The van der Waals surface area contributed by atoms with Gasteiger partial charge in [-0.1, -0.05) is 176 Å². The summed E-state index contributed by atoms with van der Waals surface area (Å²) in [6, 6.07) is 63.1. The highest BCUT2D eigenvalue weighted by Crippen LogP contribution is 2.36. The normalized spacial score (nSPS) is 23.4. The second kappa shape index (κ2) is 26.7. The number of hydrogen-bond acceptors (Lipinski definition) is 14. The maximum atomic E-state index is 14.1. The van der Waals surface area contributed by atoms with Crippen molar-refractivity contribution in [1.82, 2.24) is 0 Å². The first kappa shape index (κ1) is 52.5. The molecule has 2 saturated heterocycles. The Kier molecular flexibility index (Phi) is 18.7. The fourth-order valence-electron chi connectivity index (χ4n) is 8.75. The first-order chi connectivity index (χ1) is 36.9. The largest absolute Gasteiger partial charge is 0.459 e. The van der Waals surface area contributed by atoms with Crippen LogP contribution in [0.3, 0.4) is 0 Å². The summed E-state index contributed by atoms with van der Waals surface area (Å²) < 4.78 is 65.6. The minimum atomic E-state index is -1.84. The first-order valence-electron chi connectivity index (χ1n) is 24.8. The van der Waals surface area contributed by atoms with Crippen LogP contribution in [0.2, 0.25) is 0 Å². The van der Waals surface area contributed by atoms with Gasteiger partial charge in [0.2, 0.25) is 0 Å². The molecule has 7 aromatic carbocycles. The lowest BCUT2D eigenvalue weighted by atomic mass is 9.96. The molecule has 0 saturated carbocycles. The predicted octanol–water partition coefficient (Wildman–Crippen LogP) is 9.09. The summed E-state index contributed by atoms with van der Waals surface area (Å²) in [7, 11) is 0. The average molecular weight is 1020 g/mol. The van der Waals surface area contributed by atoms with Gasteiger partial charge in [0.1, 0.15) is 43.2 Å². The lowest BCUT2D eigenvalue weighted by Crippen LogP contribution is -2.66. The van der Waals surface area contributed by atoms with Crippen molar-refractivity contribution in [2.45, 2.75) is 87.8 Å². The summed E-state index contributed by atoms with van der Waals surface area (Å²) in [4.78, 5) is 41.5. The summed E-state index contributed by atoms with van der Waals surface area (Å²) >= 11 is 0. The van der Waals surface area contributed by atoms with Crippen molar-refractivity contribution in [2.75, 3.05) is 13.2 Å². The highest BCUT2D eigenvalue weighted by Gasteiger charge is 2.55. The average Bonchev–Trinajstić information content (AvgIpc) is 3.46. The molecule has 7 aromatic rings. The van der Waals surface area contributed by atoms with Crippen molar-refractivity contribution in [1.29, 1.82) is 0 Å². The Hall–Kier alpha value is -7.37. The van der Waals surface area contributed by atoms with Crippen molar-refractivity contribution in [2.24, 2.45) is 0 Å². The van der Waals surface area contributed by atoms with Crippen molar-refractivity contribution >= 4 is 17.9 Å². The van der Waals surface area contributed by atoms with E-state index in [0.717, 1.165) is 22.3 Å². The van der Waals surface area contributed by atoms with Gasteiger partial charge in [-0.2, -0.15) is 0 Å². The third-order valence-electron chi connectivity index (χ3n) is 12.6. The lowest BCUT2D eigenvalue weighted by molar-refractivity contribution is -0.375. The Morgan fingerprint density at radius 2 is 0.747 bits per heavy atom. The monoisotopic (exact) mass is 1010 g/mol. The summed E-state index contributed by atoms with van der Waals surface area (Å²) in [5, 5.41) is 12.6. The molecule has 75 heavy (non-hydrogen) atoms. The Morgan fingerprint density at radius 3 is 1.23 bits per heavy atom. The van der Waals surface area contributed by atoms with E-state index in [4.69, 9.17) is 47.4 Å². The minimum absolute atomic E-state index is 0.0384. The zero-order valence-corrected chi connectivity index (χ0v) is 41.0. The van der Waals surface area contributed by atoms with E-state index in [9.17, 15) is 19.5 Å². The van der Waals surface area contributed by atoms with Gasteiger partial charge in [-0.05, 0) is 58.7 Å². The molecule has 0 amide bonds. The van der Waals surface area contributed by atoms with Crippen molar-refractivity contribution in [3.8, 4) is 0 Å². The molecule has 0 bridgehead atoms. The summed E-state index contributed by atoms with van der Waals surface area (Å²) in [5.41, 5.74) is 4.05. The van der Waals surface area contributed by atoms with Crippen molar-refractivity contribution in [3.63, 3.8) is 0 Å². The zero-order valence-electron chi connectivity index (χ0n) is 41.0. The Labute approximate surface area is 435 Å². The number of esters is 3. The van der Waals surface area contributed by atoms with Gasteiger partial charge >= 0.3 is 17.9 Å². The molecule has 2 aliphatic rings. The van der Waals surface area contributed by atoms with Crippen molar-refractivity contribution in [3.05, 3.63) is 251 Å². The van der Waals surface area contributed by atoms with Gasteiger partial charge in [0, 0.05) is 0 Å². The maximum absolute atomic E-state index is 14.1. The Morgan fingerprint density at radius 1 is 0.373 bits per heavy atom. The topological polar surface area (TPSA) is 164 Å². The van der Waals surface area contributed by atoms with E-state index in [0.29, 0.717) is 0 Å². The van der Waals surface area contributed by atoms with E-state index >= 15 is 0 Å². The van der Waals surface area contributed by atoms with E-state index in [1.165, 1.54) is 0 Å². The quantitative estimate of drug-likeness (QED) is 0.0505. The molecule has 14 heteroatoms. The highest BCUT2D eigenvalue weighted by atomic mass is 16.8. The van der Waals surface area contributed by atoms with Gasteiger partial charge in [-0.3, -0.25) is 0 Å². The van der Waals surface area contributed by atoms with Gasteiger partial charge in [-0.25, -0.2) is 14.4 Å². The van der Waals surface area contributed by atoms with Crippen LogP contribution < -0.4 is 0 Å². The Balaban J connectivity index is 1.11. The van der Waals surface area contributed by atoms with Crippen molar-refractivity contribution < 1.29 is 66.9 Å². The lowest BCUT2D eigenvalue weighted by Gasteiger charge is -2.49. The van der Waals surface area contributed by atoms with E-state index in [1.807, 2.05) is 121 Å². The predicted molar refractivity (Wildman–Crippen MR) is 274 cm³/mol. The number of aliphatic hydroxyl groups excluding tert-OH is 1. The standard InChI is InChI=1S/C61H58O14/c62-51-52(73-58(64)47-32-18-6-19-33-47)50(41-69-57(63)46-30-16-5-17-31-46)72-61(54(51)74-59(65)48-34-20-7-21-35-48)75-56-55(68-38-44-26-12-3-13-27-44)53(67-37-43-24-10-2-11-25-43)49(40-66-36-42-22-8-1-9-23-42)71-60(56)70-39-45-28-14-4-15-29-45/h1-35,49-56,60-62H,36-41H2/t49-,50-,51+,52-,53-,54+,55+,56+,60+,61+/m1/s1. The molecule has 2 aliphatic heterocycles. The molecule has 9 rings (SSSR count). The molecular weight excluding hydrogens is 957 g/mol. The summed E-state index contributed by atoms with van der Waals surface area (Å²) in [6.45, 7) is 0.0400. The zero-order chi connectivity index (χ0) is 51.6. The Bertz CT molecular complexity index is 2810. The number of carbonyl (C=O) groups excluding carboxylic acids is 3. The first-order valence-corrected chi connectivity index (χ1v) is 24.8.